The van der Waals surface area contributed by atoms with Crippen molar-refractivity contribution in [2.75, 3.05) is 5.32 Å². The Kier molecular flexibility index (Phi) is 4.25. The molecule has 3 aromatic rings. The lowest BCUT2D eigenvalue weighted by Crippen LogP contribution is -1.99. The van der Waals surface area contributed by atoms with Crippen LogP contribution in [0.5, 0.6) is 17.2 Å². The van der Waals surface area contributed by atoms with Crippen LogP contribution >= 0.6 is 0 Å². The summed E-state index contributed by atoms with van der Waals surface area (Å²) in [5, 5.41) is 12.6. The van der Waals surface area contributed by atoms with Gasteiger partial charge in [-0.2, -0.15) is 0 Å². The molecule has 0 fully saturated rings. The third-order valence-corrected chi connectivity index (χ3v) is 3.24. The predicted molar refractivity (Wildman–Crippen MR) is 88.4 cm³/mol. The maximum absolute atomic E-state index is 9.27. The minimum Gasteiger partial charge on any atom is -0.508 e. The van der Waals surface area contributed by atoms with Crippen LogP contribution in [0.25, 0.3) is 0 Å². The third kappa shape index (κ3) is 3.79. The number of benzene rings is 3. The zero-order valence-corrected chi connectivity index (χ0v) is 12.1. The Morgan fingerprint density at radius 2 is 1.50 bits per heavy atom. The summed E-state index contributed by atoms with van der Waals surface area (Å²) in [6.07, 6.45) is 0. The molecular formula is C19H17NO2. The van der Waals surface area contributed by atoms with Gasteiger partial charge in [-0.25, -0.2) is 0 Å². The molecule has 0 saturated carbocycles. The number of ether oxygens (including phenoxy) is 1. The number of nitrogens with one attached hydrogen (secondary N) is 1. The van der Waals surface area contributed by atoms with E-state index in [1.54, 1.807) is 12.1 Å². The highest BCUT2D eigenvalue weighted by molar-refractivity contribution is 5.46. The summed E-state index contributed by atoms with van der Waals surface area (Å²) in [7, 11) is 0. The molecule has 0 aliphatic carbocycles. The zero-order chi connectivity index (χ0) is 15.2. The lowest BCUT2D eigenvalue weighted by Gasteiger charge is -2.09. The van der Waals surface area contributed by atoms with E-state index in [9.17, 15) is 5.11 Å². The van der Waals surface area contributed by atoms with Crippen LogP contribution in [-0.4, -0.2) is 5.11 Å². The van der Waals surface area contributed by atoms with Crippen LogP contribution in [-0.2, 0) is 6.54 Å². The Labute approximate surface area is 129 Å². The molecule has 0 bridgehead atoms. The quantitative estimate of drug-likeness (QED) is 0.664. The summed E-state index contributed by atoms with van der Waals surface area (Å²) in [6, 6.07) is 24.7. The Morgan fingerprint density at radius 3 is 2.27 bits per heavy atom. The summed E-state index contributed by atoms with van der Waals surface area (Å²) >= 11 is 0. The molecule has 0 aliphatic heterocycles. The number of phenols is 1. The van der Waals surface area contributed by atoms with Gasteiger partial charge >= 0.3 is 0 Å². The number of anilines is 1. The monoisotopic (exact) mass is 291 g/mol. The van der Waals surface area contributed by atoms with Crippen LogP contribution in [0.4, 0.5) is 5.69 Å². The van der Waals surface area contributed by atoms with Crippen LogP contribution in [0.3, 0.4) is 0 Å². The first-order valence-electron chi connectivity index (χ1n) is 7.14. The van der Waals surface area contributed by atoms with E-state index in [0.29, 0.717) is 6.54 Å². The number of phenolic OH excluding ortho intramolecular Hbond substituents is 1. The second-order valence-electron chi connectivity index (χ2n) is 4.96. The number of para-hydroxylation sites is 1. The largest absolute Gasteiger partial charge is 0.508 e. The molecule has 0 amide bonds. The molecule has 3 heteroatoms. The molecule has 0 saturated heterocycles. The molecule has 22 heavy (non-hydrogen) atoms. The second-order valence-corrected chi connectivity index (χ2v) is 4.96. The molecule has 2 N–H and O–H groups in total. The number of rotatable bonds is 5. The van der Waals surface area contributed by atoms with Crippen LogP contribution in [0.15, 0.2) is 78.9 Å². The van der Waals surface area contributed by atoms with Crippen LogP contribution in [0, 0.1) is 0 Å². The Morgan fingerprint density at radius 1 is 0.773 bits per heavy atom. The minimum atomic E-state index is 0.267. The van der Waals surface area contributed by atoms with Crippen LogP contribution in [0.2, 0.25) is 0 Å². The van der Waals surface area contributed by atoms with Gasteiger partial charge in [-0.15, -0.1) is 0 Å². The van der Waals surface area contributed by atoms with E-state index < -0.39 is 0 Å². The van der Waals surface area contributed by atoms with Gasteiger partial charge in [0.25, 0.3) is 0 Å². The molecule has 0 unspecified atom stereocenters. The van der Waals surface area contributed by atoms with E-state index >= 15 is 0 Å². The smallest absolute Gasteiger partial charge is 0.127 e. The Bertz CT molecular complexity index is 724. The maximum Gasteiger partial charge on any atom is 0.127 e. The van der Waals surface area contributed by atoms with Gasteiger partial charge in [0.1, 0.15) is 17.2 Å². The Hall–Kier alpha value is -2.94. The molecule has 0 radical (unpaired) electrons. The molecule has 3 nitrogen and oxygen atoms in total. The third-order valence-electron chi connectivity index (χ3n) is 3.24. The molecule has 0 aromatic heterocycles. The van der Waals surface area contributed by atoms with Crippen molar-refractivity contribution in [3.8, 4) is 17.2 Å². The molecule has 3 rings (SSSR count). The van der Waals surface area contributed by atoms with Gasteiger partial charge < -0.3 is 15.2 Å². The zero-order valence-electron chi connectivity index (χ0n) is 12.1. The lowest BCUT2D eigenvalue weighted by atomic mass is 10.2. The summed E-state index contributed by atoms with van der Waals surface area (Å²) < 4.78 is 5.83. The summed E-state index contributed by atoms with van der Waals surface area (Å²) in [5.41, 5.74) is 2.09. The summed E-state index contributed by atoms with van der Waals surface area (Å²) in [4.78, 5) is 0. The van der Waals surface area contributed by atoms with Crippen molar-refractivity contribution in [2.45, 2.75) is 6.54 Å². The molecule has 110 valence electrons. The van der Waals surface area contributed by atoms with E-state index in [4.69, 9.17) is 4.74 Å². The molecule has 0 aliphatic rings. The maximum atomic E-state index is 9.27. The fourth-order valence-corrected chi connectivity index (χ4v) is 2.13. The first kappa shape index (κ1) is 14.0. The van der Waals surface area contributed by atoms with Crippen molar-refractivity contribution < 1.29 is 9.84 Å². The van der Waals surface area contributed by atoms with E-state index in [1.165, 1.54) is 0 Å². The standard InChI is InChI=1S/C19H17NO2/c21-17-11-9-16(10-12-17)20-14-15-5-4-8-19(13-15)22-18-6-2-1-3-7-18/h1-13,20-21H,14H2. The van der Waals surface area contributed by atoms with Gasteiger partial charge in [-0.05, 0) is 54.1 Å². The summed E-state index contributed by atoms with van der Waals surface area (Å²) in [6.45, 7) is 0.691. The fraction of sp³-hybridized carbons (Fsp3) is 0.0526. The van der Waals surface area contributed by atoms with Crippen molar-refractivity contribution in [1.29, 1.82) is 0 Å². The van der Waals surface area contributed by atoms with Crippen LogP contribution < -0.4 is 10.1 Å². The van der Waals surface area contributed by atoms with Gasteiger partial charge in [-0.3, -0.25) is 0 Å². The van der Waals surface area contributed by atoms with Crippen molar-refractivity contribution in [2.24, 2.45) is 0 Å². The van der Waals surface area contributed by atoms with Crippen molar-refractivity contribution in [3.63, 3.8) is 0 Å². The molecule has 0 heterocycles. The van der Waals surface area contributed by atoms with Crippen LogP contribution in [0.1, 0.15) is 5.56 Å². The highest BCUT2D eigenvalue weighted by Gasteiger charge is 1.99. The number of hydrogen-bond donors (Lipinski definition) is 2. The highest BCUT2D eigenvalue weighted by Crippen LogP contribution is 2.22. The molecular weight excluding hydrogens is 274 g/mol. The minimum absolute atomic E-state index is 0.267. The van der Waals surface area contributed by atoms with Gasteiger partial charge in [0.2, 0.25) is 0 Å². The predicted octanol–water partition coefficient (Wildman–Crippen LogP) is 4.80. The van der Waals surface area contributed by atoms with Crippen molar-refractivity contribution in [3.05, 3.63) is 84.4 Å². The van der Waals surface area contributed by atoms with E-state index in [2.05, 4.69) is 5.32 Å². The summed E-state index contributed by atoms with van der Waals surface area (Å²) in [5.74, 6) is 1.91. The van der Waals surface area contributed by atoms with Crippen molar-refractivity contribution in [1.82, 2.24) is 0 Å². The van der Waals surface area contributed by atoms with E-state index in [0.717, 1.165) is 22.7 Å². The average molecular weight is 291 g/mol. The first-order valence-corrected chi connectivity index (χ1v) is 7.14. The Balaban J connectivity index is 1.65. The average Bonchev–Trinajstić information content (AvgIpc) is 2.56. The van der Waals surface area contributed by atoms with E-state index in [-0.39, 0.29) is 5.75 Å². The van der Waals surface area contributed by atoms with Gasteiger partial charge in [0.15, 0.2) is 0 Å². The van der Waals surface area contributed by atoms with Gasteiger partial charge in [-0.1, -0.05) is 30.3 Å². The highest BCUT2D eigenvalue weighted by atomic mass is 16.5. The van der Waals surface area contributed by atoms with E-state index in [1.807, 2.05) is 66.7 Å². The number of aromatic hydroxyl groups is 1. The normalized spacial score (nSPS) is 10.2. The topological polar surface area (TPSA) is 41.5 Å². The fourth-order valence-electron chi connectivity index (χ4n) is 2.13. The SMILES string of the molecule is Oc1ccc(NCc2cccc(Oc3ccccc3)c2)cc1. The van der Waals surface area contributed by atoms with Crippen molar-refractivity contribution >= 4 is 5.69 Å². The lowest BCUT2D eigenvalue weighted by molar-refractivity contribution is 0.475. The van der Waals surface area contributed by atoms with Gasteiger partial charge in [0.05, 0.1) is 0 Å². The second kappa shape index (κ2) is 6.68. The molecule has 3 aromatic carbocycles. The molecule has 0 spiro atoms. The molecule has 0 atom stereocenters. The number of hydrogen-bond acceptors (Lipinski definition) is 3. The first-order chi connectivity index (χ1) is 10.8. The van der Waals surface area contributed by atoms with Gasteiger partial charge in [0, 0.05) is 12.2 Å².